The maximum atomic E-state index is 11.2. The van der Waals surface area contributed by atoms with Gasteiger partial charge in [0.25, 0.3) is 5.79 Å². The van der Waals surface area contributed by atoms with Gasteiger partial charge in [-0.05, 0) is 0 Å². The number of carbonyl (C=O) groups excluding carboxylic acids is 1. The van der Waals surface area contributed by atoms with E-state index in [0.29, 0.717) is 0 Å². The molecule has 0 amide bonds. The van der Waals surface area contributed by atoms with Gasteiger partial charge in [0.1, 0.15) is 18.3 Å². The van der Waals surface area contributed by atoms with Gasteiger partial charge in [-0.25, -0.2) is 0 Å². The number of carbonyl (C=O) groups is 1. The maximum absolute atomic E-state index is 11.2. The van der Waals surface area contributed by atoms with Crippen LogP contribution in [-0.4, -0.2) is 67.7 Å². The summed E-state index contributed by atoms with van der Waals surface area (Å²) in [7, 11) is 0. The molecule has 5 atom stereocenters. The normalized spacial score (nSPS) is 49.1. The van der Waals surface area contributed by atoms with Crippen molar-refractivity contribution in [3.63, 3.8) is 0 Å². The predicted octanol–water partition coefficient (Wildman–Crippen LogP) is -3.98. The Hall–Kier alpha value is -0.610. The largest absolute Gasteiger partial charge is 0.394 e. The van der Waals surface area contributed by atoms with Crippen LogP contribution in [0.4, 0.5) is 0 Å². The van der Waals surface area contributed by atoms with Gasteiger partial charge in [-0.3, -0.25) is 10.5 Å². The van der Waals surface area contributed by atoms with Crippen LogP contribution in [0.3, 0.4) is 0 Å². The van der Waals surface area contributed by atoms with Crippen LogP contribution >= 0.6 is 0 Å². The molecule has 1 aliphatic rings. The number of rotatable bonds is 2. The summed E-state index contributed by atoms with van der Waals surface area (Å²) in [5, 5.41) is 47.0. The number of Topliss-reactive ketones (excluding diaryl/α,β-unsaturated/α-hetero) is 1. The fourth-order valence-electron chi connectivity index (χ4n) is 1.56. The van der Waals surface area contributed by atoms with Crippen LogP contribution in [0.2, 0.25) is 0 Å². The van der Waals surface area contributed by atoms with E-state index >= 15 is 0 Å². The van der Waals surface area contributed by atoms with Gasteiger partial charge in [-0.1, -0.05) is 0 Å². The number of nitrogens with two attached hydrogens (primary N) is 1. The van der Waals surface area contributed by atoms with Crippen molar-refractivity contribution in [2.75, 3.05) is 6.61 Å². The summed E-state index contributed by atoms with van der Waals surface area (Å²) in [5.41, 5.74) is 2.32. The van der Waals surface area contributed by atoms with Crippen LogP contribution in [0.5, 0.6) is 0 Å². The van der Waals surface area contributed by atoms with Crippen molar-refractivity contribution in [1.29, 1.82) is 0 Å². The molecule has 1 saturated heterocycles. The fraction of sp³-hybridized carbons (Fsp3) is 0.875. The molecule has 0 aliphatic carbocycles. The third kappa shape index (κ3) is 1.64. The lowest BCUT2D eigenvalue weighted by atomic mass is 9.85. The predicted molar refractivity (Wildman–Crippen MR) is 48.7 cm³/mol. The van der Waals surface area contributed by atoms with Gasteiger partial charge in [0.2, 0.25) is 5.72 Å². The van der Waals surface area contributed by atoms with Crippen LogP contribution in [0.1, 0.15) is 6.92 Å². The van der Waals surface area contributed by atoms with Crippen molar-refractivity contribution in [3.05, 3.63) is 0 Å². The first-order chi connectivity index (χ1) is 7.18. The molecule has 16 heavy (non-hydrogen) atoms. The molecule has 0 unspecified atom stereocenters. The topological polar surface area (TPSA) is 153 Å². The number of ether oxygens (including phenoxy) is 1. The zero-order valence-electron chi connectivity index (χ0n) is 8.57. The van der Waals surface area contributed by atoms with Crippen LogP contribution in [0.15, 0.2) is 0 Å². The van der Waals surface area contributed by atoms with Gasteiger partial charge < -0.3 is 30.3 Å². The number of hydrogen-bond acceptors (Lipinski definition) is 8. The highest BCUT2D eigenvalue weighted by atomic mass is 16.7. The molecule has 1 rings (SSSR count). The molecule has 0 radical (unpaired) electrons. The molecule has 0 bridgehead atoms. The van der Waals surface area contributed by atoms with E-state index in [1.165, 1.54) is 0 Å². The molecule has 1 fully saturated rings. The van der Waals surface area contributed by atoms with Crippen LogP contribution in [-0.2, 0) is 9.53 Å². The van der Waals surface area contributed by atoms with Crippen molar-refractivity contribution in [1.82, 2.24) is 0 Å². The van der Waals surface area contributed by atoms with E-state index in [4.69, 9.17) is 10.8 Å². The summed E-state index contributed by atoms with van der Waals surface area (Å²) in [4.78, 5) is 11.2. The molecule has 94 valence electrons. The summed E-state index contributed by atoms with van der Waals surface area (Å²) in [6.45, 7) is 0.126. The second-order valence-electron chi connectivity index (χ2n) is 3.80. The maximum Gasteiger partial charge on any atom is 0.273 e. The summed E-state index contributed by atoms with van der Waals surface area (Å²) in [6.07, 6.45) is -5.18. The highest BCUT2D eigenvalue weighted by Crippen LogP contribution is 2.33. The molecule has 8 heteroatoms. The Morgan fingerprint density at radius 1 is 1.44 bits per heavy atom. The van der Waals surface area contributed by atoms with E-state index in [2.05, 4.69) is 4.74 Å². The van der Waals surface area contributed by atoms with E-state index in [1.807, 2.05) is 0 Å². The Kier molecular flexibility index (Phi) is 3.37. The first kappa shape index (κ1) is 13.5. The standard InChI is InChI=1S/C8H15NO7/c1-3(11)8(15)7(9,14)6(13)5(12)4(2-10)16-8/h4-6,10,12-15H,2,9H2,1H3/t4-,5-,6+,7+,8+/m1/s1. The average molecular weight is 237 g/mol. The molecule has 1 heterocycles. The Balaban J connectivity index is 3.15. The fourth-order valence-corrected chi connectivity index (χ4v) is 1.56. The molecule has 8 nitrogen and oxygen atoms in total. The highest BCUT2D eigenvalue weighted by Gasteiger charge is 2.64. The first-order valence-electron chi connectivity index (χ1n) is 4.58. The quantitative estimate of drug-likeness (QED) is 0.266. The van der Waals surface area contributed by atoms with Gasteiger partial charge in [0, 0.05) is 6.92 Å². The van der Waals surface area contributed by atoms with Crippen LogP contribution in [0, 0.1) is 0 Å². The molecule has 0 aromatic heterocycles. The molecule has 1 aliphatic heterocycles. The van der Waals surface area contributed by atoms with Crippen LogP contribution in [0.25, 0.3) is 0 Å². The summed E-state index contributed by atoms with van der Waals surface area (Å²) >= 11 is 0. The third-order valence-corrected chi connectivity index (χ3v) is 2.68. The van der Waals surface area contributed by atoms with E-state index in [9.17, 15) is 25.2 Å². The van der Waals surface area contributed by atoms with Gasteiger partial charge in [0.15, 0.2) is 5.78 Å². The van der Waals surface area contributed by atoms with Crippen molar-refractivity contribution >= 4 is 5.78 Å². The monoisotopic (exact) mass is 237 g/mol. The Morgan fingerprint density at radius 3 is 2.31 bits per heavy atom. The van der Waals surface area contributed by atoms with Gasteiger partial charge in [-0.15, -0.1) is 0 Å². The van der Waals surface area contributed by atoms with E-state index in [-0.39, 0.29) is 0 Å². The minimum atomic E-state index is -2.88. The van der Waals surface area contributed by atoms with Crippen molar-refractivity contribution in [2.24, 2.45) is 5.73 Å². The average Bonchev–Trinajstić information content (AvgIpc) is 2.21. The highest BCUT2D eigenvalue weighted by molar-refractivity contribution is 5.84. The van der Waals surface area contributed by atoms with E-state index in [1.54, 1.807) is 0 Å². The zero-order valence-corrected chi connectivity index (χ0v) is 8.57. The Labute approximate surface area is 90.9 Å². The van der Waals surface area contributed by atoms with Crippen molar-refractivity contribution < 1.29 is 35.1 Å². The SMILES string of the molecule is CC(=O)[C@]1(O)O[C@H](CO)[C@@H](O)[C@H](O)[C@]1(N)O. The van der Waals surface area contributed by atoms with E-state index in [0.717, 1.165) is 6.92 Å². The summed E-state index contributed by atoms with van der Waals surface area (Å²) in [6, 6.07) is 0. The molecule has 0 spiro atoms. The number of aliphatic hydroxyl groups excluding tert-OH is 3. The summed E-state index contributed by atoms with van der Waals surface area (Å²) in [5.74, 6) is -3.93. The molecule has 0 aromatic rings. The molecular formula is C8H15NO7. The molecule has 0 aromatic carbocycles. The van der Waals surface area contributed by atoms with Gasteiger partial charge in [-0.2, -0.15) is 0 Å². The lowest BCUT2D eigenvalue weighted by Gasteiger charge is -2.49. The van der Waals surface area contributed by atoms with Gasteiger partial charge in [0.05, 0.1) is 6.61 Å². The Morgan fingerprint density at radius 2 is 1.94 bits per heavy atom. The Bertz CT molecular complexity index is 294. The number of aliphatic hydroxyl groups is 5. The molecule has 0 saturated carbocycles. The number of ketones is 1. The molecular weight excluding hydrogens is 222 g/mol. The third-order valence-electron chi connectivity index (χ3n) is 2.68. The second-order valence-corrected chi connectivity index (χ2v) is 3.80. The van der Waals surface area contributed by atoms with Crippen molar-refractivity contribution in [3.8, 4) is 0 Å². The number of hydrogen-bond donors (Lipinski definition) is 6. The second kappa shape index (κ2) is 4.00. The summed E-state index contributed by atoms with van der Waals surface area (Å²) < 4.78 is 4.65. The first-order valence-corrected chi connectivity index (χ1v) is 4.58. The van der Waals surface area contributed by atoms with Crippen LogP contribution < -0.4 is 5.73 Å². The lowest BCUT2D eigenvalue weighted by molar-refractivity contribution is -0.367. The zero-order chi connectivity index (χ0) is 12.7. The minimum absolute atomic E-state index is 0.760. The van der Waals surface area contributed by atoms with E-state index < -0.39 is 42.2 Å². The van der Waals surface area contributed by atoms with Gasteiger partial charge >= 0.3 is 0 Å². The lowest BCUT2D eigenvalue weighted by Crippen LogP contribution is -2.79. The van der Waals surface area contributed by atoms with Crippen molar-refractivity contribution in [2.45, 2.75) is 36.7 Å². The smallest absolute Gasteiger partial charge is 0.273 e. The molecule has 7 N–H and O–H groups in total. The minimum Gasteiger partial charge on any atom is -0.394 e.